The standard InChI is InChI=1S/C24H26F3N3O2/c25-24(26,27)32-19-12-10-18(11-13-19)31-23-15-21(20-9-6-14-28-20)30-22(23)16-29-17-7-4-2-1-3-5-8-17/h6,9-17,28,30H,1-5,7-8H2. The van der Waals surface area contributed by atoms with Gasteiger partial charge in [0.05, 0.1) is 17.4 Å². The van der Waals surface area contributed by atoms with E-state index >= 15 is 0 Å². The molecule has 1 aliphatic carbocycles. The molecule has 0 atom stereocenters. The van der Waals surface area contributed by atoms with Gasteiger partial charge in [-0.1, -0.05) is 32.1 Å². The summed E-state index contributed by atoms with van der Waals surface area (Å²) in [5, 5.41) is 0. The van der Waals surface area contributed by atoms with Crippen molar-refractivity contribution in [2.24, 2.45) is 4.99 Å². The van der Waals surface area contributed by atoms with Crippen LogP contribution in [0.2, 0.25) is 0 Å². The predicted molar refractivity (Wildman–Crippen MR) is 117 cm³/mol. The highest BCUT2D eigenvalue weighted by Crippen LogP contribution is 2.32. The Balaban J connectivity index is 1.54. The van der Waals surface area contributed by atoms with Gasteiger partial charge in [0.15, 0.2) is 5.75 Å². The number of aromatic amines is 2. The van der Waals surface area contributed by atoms with Crippen molar-refractivity contribution in [1.29, 1.82) is 0 Å². The lowest BCUT2D eigenvalue weighted by atomic mass is 9.97. The average molecular weight is 445 g/mol. The van der Waals surface area contributed by atoms with Crippen LogP contribution in [0.3, 0.4) is 0 Å². The molecule has 0 amide bonds. The number of hydrogen-bond acceptors (Lipinski definition) is 3. The van der Waals surface area contributed by atoms with Crippen LogP contribution in [0.1, 0.15) is 50.6 Å². The molecule has 2 heterocycles. The number of aromatic nitrogens is 2. The first-order valence-electron chi connectivity index (χ1n) is 10.9. The number of benzene rings is 1. The van der Waals surface area contributed by atoms with Crippen molar-refractivity contribution < 1.29 is 22.6 Å². The Labute approximate surface area is 184 Å². The molecule has 8 heteroatoms. The van der Waals surface area contributed by atoms with Crippen molar-refractivity contribution >= 4 is 6.21 Å². The van der Waals surface area contributed by atoms with E-state index in [2.05, 4.69) is 14.7 Å². The molecule has 4 rings (SSSR count). The minimum Gasteiger partial charge on any atom is -0.455 e. The molecule has 0 unspecified atom stereocenters. The highest BCUT2D eigenvalue weighted by Gasteiger charge is 2.31. The van der Waals surface area contributed by atoms with E-state index < -0.39 is 6.36 Å². The molecule has 1 aliphatic rings. The Morgan fingerprint density at radius 1 is 0.906 bits per heavy atom. The molecule has 0 radical (unpaired) electrons. The third-order valence-corrected chi connectivity index (χ3v) is 5.47. The molecule has 5 nitrogen and oxygen atoms in total. The average Bonchev–Trinajstić information content (AvgIpc) is 3.38. The van der Waals surface area contributed by atoms with Gasteiger partial charge in [0.25, 0.3) is 0 Å². The maximum Gasteiger partial charge on any atom is 0.573 e. The monoisotopic (exact) mass is 445 g/mol. The number of halogens is 3. The molecule has 0 spiro atoms. The Bertz CT molecular complexity index is 1000. The normalized spacial score (nSPS) is 16.1. The van der Waals surface area contributed by atoms with Crippen molar-refractivity contribution in [2.75, 3.05) is 0 Å². The molecule has 32 heavy (non-hydrogen) atoms. The van der Waals surface area contributed by atoms with Crippen LogP contribution in [0, 0.1) is 0 Å². The van der Waals surface area contributed by atoms with Gasteiger partial charge in [-0.05, 0) is 49.2 Å². The van der Waals surface area contributed by atoms with Crippen LogP contribution in [0.5, 0.6) is 17.2 Å². The van der Waals surface area contributed by atoms with Crippen LogP contribution in [0.4, 0.5) is 13.2 Å². The van der Waals surface area contributed by atoms with E-state index in [1.807, 2.05) is 30.6 Å². The van der Waals surface area contributed by atoms with Gasteiger partial charge >= 0.3 is 6.36 Å². The van der Waals surface area contributed by atoms with Gasteiger partial charge in [0, 0.05) is 18.5 Å². The van der Waals surface area contributed by atoms with E-state index in [4.69, 9.17) is 9.73 Å². The lowest BCUT2D eigenvalue weighted by molar-refractivity contribution is -0.274. The smallest absolute Gasteiger partial charge is 0.455 e. The summed E-state index contributed by atoms with van der Waals surface area (Å²) in [5.74, 6) is 0.655. The molecule has 0 saturated heterocycles. The molecule has 1 saturated carbocycles. The molecule has 0 aliphatic heterocycles. The van der Waals surface area contributed by atoms with Crippen molar-refractivity contribution in [1.82, 2.24) is 9.97 Å². The summed E-state index contributed by atoms with van der Waals surface area (Å²) in [6, 6.07) is 11.3. The maximum absolute atomic E-state index is 12.4. The highest BCUT2D eigenvalue weighted by molar-refractivity contribution is 5.84. The second kappa shape index (κ2) is 9.97. The summed E-state index contributed by atoms with van der Waals surface area (Å²) in [6.45, 7) is 0. The summed E-state index contributed by atoms with van der Waals surface area (Å²) < 4.78 is 47.1. The molecular weight excluding hydrogens is 419 g/mol. The minimum absolute atomic E-state index is 0.291. The first-order chi connectivity index (χ1) is 15.5. The number of ether oxygens (including phenoxy) is 2. The van der Waals surface area contributed by atoms with Gasteiger partial charge in [-0.3, -0.25) is 4.99 Å². The Hall–Kier alpha value is -3.16. The fraction of sp³-hybridized carbons (Fsp3) is 0.375. The van der Waals surface area contributed by atoms with E-state index in [1.165, 1.54) is 56.4 Å². The zero-order chi connectivity index (χ0) is 22.4. The predicted octanol–water partition coefficient (Wildman–Crippen LogP) is 7.23. The molecular formula is C24H26F3N3O2. The van der Waals surface area contributed by atoms with Gasteiger partial charge in [-0.25, -0.2) is 0 Å². The number of nitrogens with zero attached hydrogens (tertiary/aromatic N) is 1. The summed E-state index contributed by atoms with van der Waals surface area (Å²) in [6.07, 6.45) is 7.28. The minimum atomic E-state index is -4.73. The summed E-state index contributed by atoms with van der Waals surface area (Å²) >= 11 is 0. The Kier molecular flexibility index (Phi) is 6.87. The van der Waals surface area contributed by atoms with Gasteiger partial charge in [-0.15, -0.1) is 13.2 Å². The van der Waals surface area contributed by atoms with Gasteiger partial charge in [0.2, 0.25) is 0 Å². The van der Waals surface area contributed by atoms with E-state index in [-0.39, 0.29) is 5.75 Å². The number of nitrogens with one attached hydrogen (secondary N) is 2. The fourth-order valence-electron chi connectivity index (χ4n) is 3.87. The maximum atomic E-state index is 12.4. The molecule has 1 aromatic carbocycles. The molecule has 0 bridgehead atoms. The van der Waals surface area contributed by atoms with Crippen molar-refractivity contribution in [3.05, 3.63) is 54.4 Å². The SMILES string of the molecule is FC(F)(F)Oc1ccc(Oc2cc(-c3ccc[nH]3)[nH]c2C=NC2CCCCCCC2)cc1. The van der Waals surface area contributed by atoms with E-state index in [0.717, 1.165) is 24.2 Å². The summed E-state index contributed by atoms with van der Waals surface area (Å²) in [7, 11) is 0. The highest BCUT2D eigenvalue weighted by atomic mass is 19.4. The molecule has 2 aromatic heterocycles. The van der Waals surface area contributed by atoms with Crippen molar-refractivity contribution in [3.63, 3.8) is 0 Å². The zero-order valence-corrected chi connectivity index (χ0v) is 17.6. The van der Waals surface area contributed by atoms with Crippen molar-refractivity contribution in [2.45, 2.75) is 57.3 Å². The Morgan fingerprint density at radius 2 is 1.59 bits per heavy atom. The summed E-state index contributed by atoms with van der Waals surface area (Å²) in [5.41, 5.74) is 2.45. The van der Waals surface area contributed by atoms with Crippen LogP contribution in [-0.4, -0.2) is 28.6 Å². The number of alkyl halides is 3. The third kappa shape index (κ3) is 6.18. The van der Waals surface area contributed by atoms with E-state index in [0.29, 0.717) is 23.2 Å². The second-order valence-corrected chi connectivity index (χ2v) is 7.94. The lowest BCUT2D eigenvalue weighted by Crippen LogP contribution is -2.16. The fourth-order valence-corrected chi connectivity index (χ4v) is 3.87. The van der Waals surface area contributed by atoms with Crippen molar-refractivity contribution in [3.8, 4) is 28.6 Å². The first kappa shape index (κ1) is 22.0. The van der Waals surface area contributed by atoms with E-state index in [1.54, 1.807) is 0 Å². The number of hydrogen-bond donors (Lipinski definition) is 2. The number of H-pyrrole nitrogens is 2. The van der Waals surface area contributed by atoms with Gasteiger partial charge in [-0.2, -0.15) is 0 Å². The summed E-state index contributed by atoms with van der Waals surface area (Å²) in [4.78, 5) is 11.3. The van der Waals surface area contributed by atoms with E-state index in [9.17, 15) is 13.2 Å². The Morgan fingerprint density at radius 3 is 2.25 bits per heavy atom. The van der Waals surface area contributed by atoms with Crippen LogP contribution >= 0.6 is 0 Å². The number of rotatable bonds is 6. The van der Waals surface area contributed by atoms with Gasteiger partial charge in [0.1, 0.15) is 17.2 Å². The second-order valence-electron chi connectivity index (χ2n) is 7.94. The zero-order valence-electron chi connectivity index (χ0n) is 17.6. The largest absolute Gasteiger partial charge is 0.573 e. The third-order valence-electron chi connectivity index (χ3n) is 5.47. The lowest BCUT2D eigenvalue weighted by Gasteiger charge is -2.15. The van der Waals surface area contributed by atoms with Gasteiger partial charge < -0.3 is 19.4 Å². The molecule has 2 N–H and O–H groups in total. The van der Waals surface area contributed by atoms with Crippen LogP contribution in [0.15, 0.2) is 53.7 Å². The molecule has 170 valence electrons. The van der Waals surface area contributed by atoms with Crippen LogP contribution < -0.4 is 9.47 Å². The topological polar surface area (TPSA) is 62.4 Å². The quantitative estimate of drug-likeness (QED) is 0.393. The molecule has 1 fully saturated rings. The van der Waals surface area contributed by atoms with Crippen LogP contribution in [0.25, 0.3) is 11.4 Å². The first-order valence-corrected chi connectivity index (χ1v) is 10.9. The molecule has 3 aromatic rings. The number of aliphatic imine (C=N–C) groups is 1. The van der Waals surface area contributed by atoms with Crippen LogP contribution in [-0.2, 0) is 0 Å².